The van der Waals surface area contributed by atoms with Gasteiger partial charge in [-0.15, -0.1) is 0 Å². The number of rotatable bonds is 5. The van der Waals surface area contributed by atoms with Crippen LogP contribution in [0.2, 0.25) is 0 Å². The van der Waals surface area contributed by atoms with Gasteiger partial charge in [0.2, 0.25) is 0 Å². The molecule has 0 radical (unpaired) electrons. The molecule has 2 rings (SSSR count). The third-order valence-corrected chi connectivity index (χ3v) is 3.26. The van der Waals surface area contributed by atoms with Gasteiger partial charge in [0, 0.05) is 32.2 Å². The fourth-order valence-corrected chi connectivity index (χ4v) is 2.10. The lowest BCUT2D eigenvalue weighted by atomic mass is 10.2. The standard InChI is InChI=1S/C12H23N5O/c1-10(2)13-6-11-8-18-5-4-17(11)7-12-14-9-15-16(12)3/h9-11,13H,4-8H2,1-3H3. The Morgan fingerprint density at radius 2 is 2.39 bits per heavy atom. The maximum Gasteiger partial charge on any atom is 0.140 e. The van der Waals surface area contributed by atoms with Gasteiger partial charge in [0.25, 0.3) is 0 Å². The predicted octanol–water partition coefficient (Wildman–Crippen LogP) is 0.0139. The number of aromatic nitrogens is 3. The van der Waals surface area contributed by atoms with Gasteiger partial charge in [0.15, 0.2) is 0 Å². The first kappa shape index (κ1) is 13.5. The second kappa shape index (κ2) is 6.26. The number of ether oxygens (including phenoxy) is 1. The van der Waals surface area contributed by atoms with E-state index in [1.54, 1.807) is 6.33 Å². The Morgan fingerprint density at radius 3 is 3.06 bits per heavy atom. The molecule has 6 heteroatoms. The molecule has 102 valence electrons. The van der Waals surface area contributed by atoms with Gasteiger partial charge in [-0.2, -0.15) is 5.10 Å². The van der Waals surface area contributed by atoms with E-state index >= 15 is 0 Å². The van der Waals surface area contributed by atoms with Gasteiger partial charge in [0.05, 0.1) is 19.8 Å². The van der Waals surface area contributed by atoms with Crippen LogP contribution < -0.4 is 5.32 Å². The largest absolute Gasteiger partial charge is 0.378 e. The van der Waals surface area contributed by atoms with Gasteiger partial charge >= 0.3 is 0 Å². The molecule has 0 saturated carbocycles. The molecule has 1 N–H and O–H groups in total. The van der Waals surface area contributed by atoms with Crippen molar-refractivity contribution in [2.75, 3.05) is 26.3 Å². The number of morpholine rings is 1. The molecule has 1 aromatic heterocycles. The maximum atomic E-state index is 5.57. The molecule has 6 nitrogen and oxygen atoms in total. The van der Waals surface area contributed by atoms with Crippen LogP contribution in [0.5, 0.6) is 0 Å². The topological polar surface area (TPSA) is 55.2 Å². The predicted molar refractivity (Wildman–Crippen MR) is 69.2 cm³/mol. The van der Waals surface area contributed by atoms with Crippen molar-refractivity contribution in [2.45, 2.75) is 32.5 Å². The Bertz CT molecular complexity index is 365. The number of hydrogen-bond donors (Lipinski definition) is 1. The van der Waals surface area contributed by atoms with Gasteiger partial charge in [-0.05, 0) is 0 Å². The highest BCUT2D eigenvalue weighted by Crippen LogP contribution is 2.10. The molecule has 1 aromatic rings. The quantitative estimate of drug-likeness (QED) is 0.801. The van der Waals surface area contributed by atoms with Crippen LogP contribution in [0.15, 0.2) is 6.33 Å². The fourth-order valence-electron chi connectivity index (χ4n) is 2.10. The van der Waals surface area contributed by atoms with E-state index in [0.29, 0.717) is 12.1 Å². The lowest BCUT2D eigenvalue weighted by molar-refractivity contribution is -0.0130. The average molecular weight is 253 g/mol. The molecule has 1 unspecified atom stereocenters. The maximum absolute atomic E-state index is 5.57. The lowest BCUT2D eigenvalue weighted by Gasteiger charge is -2.35. The molecule has 0 bridgehead atoms. The number of nitrogens with one attached hydrogen (secondary N) is 1. The molecule has 1 fully saturated rings. The highest BCUT2D eigenvalue weighted by atomic mass is 16.5. The molecular weight excluding hydrogens is 230 g/mol. The smallest absolute Gasteiger partial charge is 0.140 e. The monoisotopic (exact) mass is 253 g/mol. The third kappa shape index (κ3) is 3.51. The fraction of sp³-hybridized carbons (Fsp3) is 0.833. The molecule has 0 aromatic carbocycles. The first-order chi connectivity index (χ1) is 8.66. The molecule has 1 saturated heterocycles. The summed E-state index contributed by atoms with van der Waals surface area (Å²) in [5.41, 5.74) is 0. The van der Waals surface area contributed by atoms with Crippen LogP contribution in [-0.2, 0) is 18.3 Å². The van der Waals surface area contributed by atoms with E-state index in [4.69, 9.17) is 4.74 Å². The van der Waals surface area contributed by atoms with Crippen molar-refractivity contribution in [3.05, 3.63) is 12.2 Å². The zero-order chi connectivity index (χ0) is 13.0. The van der Waals surface area contributed by atoms with Crippen LogP contribution in [0.1, 0.15) is 19.7 Å². The summed E-state index contributed by atoms with van der Waals surface area (Å²) in [6, 6.07) is 0.918. The molecule has 18 heavy (non-hydrogen) atoms. The molecule has 1 aliphatic rings. The highest BCUT2D eigenvalue weighted by Gasteiger charge is 2.24. The second-order valence-corrected chi connectivity index (χ2v) is 5.06. The van der Waals surface area contributed by atoms with Crippen molar-refractivity contribution in [3.8, 4) is 0 Å². The van der Waals surface area contributed by atoms with Gasteiger partial charge in [-0.25, -0.2) is 4.98 Å². The van der Waals surface area contributed by atoms with Crippen molar-refractivity contribution in [3.63, 3.8) is 0 Å². The zero-order valence-corrected chi connectivity index (χ0v) is 11.5. The van der Waals surface area contributed by atoms with Gasteiger partial charge in [-0.1, -0.05) is 13.8 Å². The van der Waals surface area contributed by atoms with Crippen LogP contribution in [0.4, 0.5) is 0 Å². The van der Waals surface area contributed by atoms with Gasteiger partial charge in [0.1, 0.15) is 12.2 Å². The van der Waals surface area contributed by atoms with E-state index in [0.717, 1.165) is 38.7 Å². The zero-order valence-electron chi connectivity index (χ0n) is 11.5. The Hall–Kier alpha value is -0.980. The number of hydrogen-bond acceptors (Lipinski definition) is 5. The normalized spacial score (nSPS) is 21.7. The summed E-state index contributed by atoms with van der Waals surface area (Å²) >= 11 is 0. The van der Waals surface area contributed by atoms with E-state index in [9.17, 15) is 0 Å². The minimum Gasteiger partial charge on any atom is -0.378 e. The van der Waals surface area contributed by atoms with Crippen molar-refractivity contribution in [2.24, 2.45) is 7.05 Å². The van der Waals surface area contributed by atoms with E-state index in [2.05, 4.69) is 34.1 Å². The summed E-state index contributed by atoms with van der Waals surface area (Å²) in [5.74, 6) is 1.01. The van der Waals surface area contributed by atoms with Crippen molar-refractivity contribution in [1.29, 1.82) is 0 Å². The molecule has 1 atom stereocenters. The third-order valence-electron chi connectivity index (χ3n) is 3.26. The Morgan fingerprint density at radius 1 is 1.56 bits per heavy atom. The van der Waals surface area contributed by atoms with Crippen molar-refractivity contribution >= 4 is 0 Å². The van der Waals surface area contributed by atoms with E-state index in [1.165, 1.54) is 0 Å². The summed E-state index contributed by atoms with van der Waals surface area (Å²) in [6.07, 6.45) is 1.61. The molecule has 2 heterocycles. The molecule has 0 amide bonds. The minimum absolute atomic E-state index is 0.415. The first-order valence-electron chi connectivity index (χ1n) is 6.55. The lowest BCUT2D eigenvalue weighted by Crippen LogP contribution is -2.51. The van der Waals surface area contributed by atoms with Crippen LogP contribution in [0.25, 0.3) is 0 Å². The number of aryl methyl sites for hydroxylation is 1. The summed E-state index contributed by atoms with van der Waals surface area (Å²) in [5, 5.41) is 7.59. The number of nitrogens with zero attached hydrogens (tertiary/aromatic N) is 4. The van der Waals surface area contributed by atoms with E-state index in [-0.39, 0.29) is 0 Å². The Kier molecular flexibility index (Phi) is 4.68. The molecule has 1 aliphatic heterocycles. The first-order valence-corrected chi connectivity index (χ1v) is 6.55. The average Bonchev–Trinajstić information content (AvgIpc) is 2.74. The van der Waals surface area contributed by atoms with Crippen LogP contribution >= 0.6 is 0 Å². The van der Waals surface area contributed by atoms with Crippen molar-refractivity contribution < 1.29 is 4.74 Å². The molecular formula is C12H23N5O. The molecule has 0 spiro atoms. The molecule has 0 aliphatic carbocycles. The van der Waals surface area contributed by atoms with E-state index < -0.39 is 0 Å². The summed E-state index contributed by atoms with van der Waals surface area (Å²) in [6.45, 7) is 8.66. The Labute approximate surface area is 108 Å². The Balaban J connectivity index is 1.93. The van der Waals surface area contributed by atoms with Gasteiger partial charge in [-0.3, -0.25) is 9.58 Å². The van der Waals surface area contributed by atoms with Crippen LogP contribution in [0, 0.1) is 0 Å². The minimum atomic E-state index is 0.415. The van der Waals surface area contributed by atoms with Crippen LogP contribution in [-0.4, -0.2) is 58.1 Å². The summed E-state index contributed by atoms with van der Waals surface area (Å²) in [7, 11) is 1.93. The SMILES string of the molecule is CC(C)NCC1COCCN1Cc1ncnn1C. The van der Waals surface area contributed by atoms with Crippen molar-refractivity contribution in [1.82, 2.24) is 25.0 Å². The van der Waals surface area contributed by atoms with Gasteiger partial charge < -0.3 is 10.1 Å². The van der Waals surface area contributed by atoms with E-state index in [1.807, 2.05) is 11.7 Å². The highest BCUT2D eigenvalue weighted by molar-refractivity contribution is 4.87. The summed E-state index contributed by atoms with van der Waals surface area (Å²) < 4.78 is 7.41. The van der Waals surface area contributed by atoms with Crippen LogP contribution in [0.3, 0.4) is 0 Å². The second-order valence-electron chi connectivity index (χ2n) is 5.06. The summed E-state index contributed by atoms with van der Waals surface area (Å²) in [4.78, 5) is 6.71.